The second kappa shape index (κ2) is 10.6. The maximum Gasteiger partial charge on any atom is 0.253 e. The summed E-state index contributed by atoms with van der Waals surface area (Å²) in [6.45, 7) is 6.26. The first-order valence-corrected chi connectivity index (χ1v) is 10.9. The van der Waals surface area contributed by atoms with Gasteiger partial charge in [0.2, 0.25) is 5.91 Å². The highest BCUT2D eigenvalue weighted by Gasteiger charge is 2.22. The number of nitrogens with one attached hydrogen (secondary N) is 1. The zero-order chi connectivity index (χ0) is 20.6. The molecule has 3 rings (SSSR count). The summed E-state index contributed by atoms with van der Waals surface area (Å²) in [6, 6.07) is 17.6. The van der Waals surface area contributed by atoms with E-state index in [1.54, 1.807) is 0 Å². The Balaban J connectivity index is 1.70. The average molecular weight is 458 g/mol. The van der Waals surface area contributed by atoms with E-state index in [9.17, 15) is 9.59 Å². The topological polar surface area (TPSA) is 52.7 Å². The quantitative estimate of drug-likeness (QED) is 0.691. The molecule has 2 amide bonds. The molecule has 0 spiro atoms. The second-order valence-corrected chi connectivity index (χ2v) is 8.37. The summed E-state index contributed by atoms with van der Waals surface area (Å²) in [5.41, 5.74) is 1.83. The van der Waals surface area contributed by atoms with Crippen LogP contribution in [0.4, 0.5) is 0 Å². The van der Waals surface area contributed by atoms with Crippen LogP contribution in [0.1, 0.15) is 35.2 Å². The van der Waals surface area contributed by atoms with E-state index < -0.39 is 0 Å². The molecule has 0 aromatic heterocycles. The van der Waals surface area contributed by atoms with Crippen LogP contribution in [0.15, 0.2) is 59.1 Å². The van der Waals surface area contributed by atoms with Gasteiger partial charge in [-0.15, -0.1) is 0 Å². The van der Waals surface area contributed by atoms with Gasteiger partial charge in [0.05, 0.1) is 0 Å². The molecule has 1 atom stereocenters. The van der Waals surface area contributed by atoms with Crippen LogP contribution in [-0.2, 0) is 4.79 Å². The Morgan fingerprint density at radius 2 is 1.72 bits per heavy atom. The molecule has 2 aromatic carbocycles. The van der Waals surface area contributed by atoms with Crippen LogP contribution in [0.2, 0.25) is 0 Å². The lowest BCUT2D eigenvalue weighted by Crippen LogP contribution is -2.47. The molecule has 0 saturated carbocycles. The summed E-state index contributed by atoms with van der Waals surface area (Å²) in [4.78, 5) is 29.5. The van der Waals surface area contributed by atoms with Gasteiger partial charge in [-0.1, -0.05) is 53.2 Å². The summed E-state index contributed by atoms with van der Waals surface area (Å²) >= 11 is 3.42. The van der Waals surface area contributed by atoms with E-state index in [1.165, 1.54) is 5.56 Å². The summed E-state index contributed by atoms with van der Waals surface area (Å²) in [7, 11) is 0. The van der Waals surface area contributed by atoms with Gasteiger partial charge in [0.25, 0.3) is 5.91 Å². The molecule has 1 fully saturated rings. The number of halogens is 1. The summed E-state index contributed by atoms with van der Waals surface area (Å²) in [5.74, 6) is 0.269. The van der Waals surface area contributed by atoms with Gasteiger partial charge in [0.15, 0.2) is 0 Å². The average Bonchev–Trinajstić information content (AvgIpc) is 2.77. The number of hydrogen-bond acceptors (Lipinski definition) is 3. The number of nitrogens with zero attached hydrogens (tertiary/aromatic N) is 2. The highest BCUT2D eigenvalue weighted by molar-refractivity contribution is 9.10. The van der Waals surface area contributed by atoms with Crippen molar-refractivity contribution in [3.63, 3.8) is 0 Å². The highest BCUT2D eigenvalue weighted by atomic mass is 79.9. The van der Waals surface area contributed by atoms with Gasteiger partial charge in [0, 0.05) is 55.7 Å². The monoisotopic (exact) mass is 457 g/mol. The molecular formula is C23H28BrN3O2. The molecule has 29 heavy (non-hydrogen) atoms. The molecule has 0 bridgehead atoms. The number of benzene rings is 2. The van der Waals surface area contributed by atoms with Crippen molar-refractivity contribution >= 4 is 27.7 Å². The normalized spacial score (nSPS) is 15.0. The lowest BCUT2D eigenvalue weighted by atomic mass is 10.00. The first kappa shape index (κ1) is 21.5. The van der Waals surface area contributed by atoms with E-state index in [1.807, 2.05) is 52.3 Å². The molecule has 5 nitrogen and oxygen atoms in total. The van der Waals surface area contributed by atoms with Crippen molar-refractivity contribution in [2.24, 2.45) is 0 Å². The molecule has 2 aromatic rings. The Labute approximate surface area is 181 Å². The molecule has 0 unspecified atom stereocenters. The second-order valence-electron chi connectivity index (χ2n) is 7.45. The molecule has 1 N–H and O–H groups in total. The third-order valence-electron chi connectivity index (χ3n) is 5.31. The minimum atomic E-state index is -0.0339. The zero-order valence-corrected chi connectivity index (χ0v) is 18.4. The van der Waals surface area contributed by atoms with Crippen LogP contribution in [0.5, 0.6) is 0 Å². The van der Waals surface area contributed by atoms with Crippen LogP contribution in [-0.4, -0.2) is 60.9 Å². The van der Waals surface area contributed by atoms with Gasteiger partial charge >= 0.3 is 0 Å². The van der Waals surface area contributed by atoms with Crippen LogP contribution in [0, 0.1) is 0 Å². The van der Waals surface area contributed by atoms with Crippen molar-refractivity contribution in [1.82, 2.24) is 15.1 Å². The SMILES string of the molecule is C[C@H](CN(CCC(=O)N1CCNCC1)C(=O)c1ccc(Br)cc1)c1ccccc1. The van der Waals surface area contributed by atoms with Crippen LogP contribution in [0.25, 0.3) is 0 Å². The standard InChI is InChI=1S/C23H28BrN3O2/c1-18(19-5-3-2-4-6-19)17-27(23(29)20-7-9-21(24)10-8-20)14-11-22(28)26-15-12-25-13-16-26/h2-10,18,25H,11-17H2,1H3/t18-/m1/s1. The Bertz CT molecular complexity index is 805. The van der Waals surface area contributed by atoms with Crippen molar-refractivity contribution in [2.75, 3.05) is 39.3 Å². The van der Waals surface area contributed by atoms with E-state index in [4.69, 9.17) is 0 Å². The van der Waals surface area contributed by atoms with Crippen molar-refractivity contribution in [1.29, 1.82) is 0 Å². The predicted octanol–water partition coefficient (Wildman–Crippen LogP) is 3.52. The molecule has 6 heteroatoms. The fourth-order valence-corrected chi connectivity index (χ4v) is 3.84. The van der Waals surface area contributed by atoms with Crippen molar-refractivity contribution in [3.05, 3.63) is 70.2 Å². The molecule has 1 saturated heterocycles. The fourth-order valence-electron chi connectivity index (χ4n) is 3.57. The first-order chi connectivity index (χ1) is 14.0. The van der Waals surface area contributed by atoms with Crippen LogP contribution < -0.4 is 5.32 Å². The smallest absolute Gasteiger partial charge is 0.253 e. The molecule has 0 aliphatic carbocycles. The third-order valence-corrected chi connectivity index (χ3v) is 5.84. The number of carbonyl (C=O) groups is 2. The van der Waals surface area contributed by atoms with Gasteiger partial charge < -0.3 is 15.1 Å². The molecule has 154 valence electrons. The van der Waals surface area contributed by atoms with Gasteiger partial charge in [0.1, 0.15) is 0 Å². The Morgan fingerprint density at radius 1 is 1.07 bits per heavy atom. The minimum Gasteiger partial charge on any atom is -0.340 e. The van der Waals surface area contributed by atoms with Crippen LogP contribution in [0.3, 0.4) is 0 Å². The zero-order valence-electron chi connectivity index (χ0n) is 16.8. The lowest BCUT2D eigenvalue weighted by Gasteiger charge is -2.30. The number of piperazine rings is 1. The summed E-state index contributed by atoms with van der Waals surface area (Å²) in [6.07, 6.45) is 0.351. The minimum absolute atomic E-state index is 0.0339. The lowest BCUT2D eigenvalue weighted by molar-refractivity contribution is -0.131. The molecule has 1 heterocycles. The van der Waals surface area contributed by atoms with Gasteiger partial charge in [-0.05, 0) is 35.7 Å². The Hall–Kier alpha value is -2.18. The fraction of sp³-hybridized carbons (Fsp3) is 0.391. The van der Waals surface area contributed by atoms with Gasteiger partial charge in [-0.25, -0.2) is 0 Å². The third kappa shape index (κ3) is 6.15. The number of rotatable bonds is 7. The molecule has 1 aliphatic rings. The summed E-state index contributed by atoms with van der Waals surface area (Å²) < 4.78 is 0.937. The number of amides is 2. The number of hydrogen-bond donors (Lipinski definition) is 1. The summed E-state index contributed by atoms with van der Waals surface area (Å²) in [5, 5.41) is 3.26. The molecule has 1 aliphatic heterocycles. The predicted molar refractivity (Wildman–Crippen MR) is 119 cm³/mol. The largest absolute Gasteiger partial charge is 0.340 e. The molecule has 0 radical (unpaired) electrons. The highest BCUT2D eigenvalue weighted by Crippen LogP contribution is 2.19. The van der Waals surface area contributed by atoms with E-state index in [-0.39, 0.29) is 17.7 Å². The Morgan fingerprint density at radius 3 is 2.38 bits per heavy atom. The van der Waals surface area contributed by atoms with Gasteiger partial charge in [-0.3, -0.25) is 9.59 Å². The van der Waals surface area contributed by atoms with Gasteiger partial charge in [-0.2, -0.15) is 0 Å². The van der Waals surface area contributed by atoms with E-state index in [0.717, 1.165) is 30.7 Å². The maximum absolute atomic E-state index is 13.2. The van der Waals surface area contributed by atoms with Crippen LogP contribution >= 0.6 is 15.9 Å². The van der Waals surface area contributed by atoms with Crippen molar-refractivity contribution in [2.45, 2.75) is 19.3 Å². The maximum atomic E-state index is 13.2. The molecular weight excluding hydrogens is 430 g/mol. The van der Waals surface area contributed by atoms with Crippen molar-refractivity contribution in [3.8, 4) is 0 Å². The van der Waals surface area contributed by atoms with E-state index in [2.05, 4.69) is 40.3 Å². The van der Waals surface area contributed by atoms with Crippen molar-refractivity contribution < 1.29 is 9.59 Å². The van der Waals surface area contributed by atoms with E-state index in [0.29, 0.717) is 25.1 Å². The Kier molecular flexibility index (Phi) is 7.83. The number of carbonyl (C=O) groups excluding carboxylic acids is 2. The first-order valence-electron chi connectivity index (χ1n) is 10.1. The van der Waals surface area contributed by atoms with E-state index >= 15 is 0 Å².